The maximum atomic E-state index is 12.5. The number of aromatic nitrogens is 2. The maximum absolute atomic E-state index is 12.5. The van der Waals surface area contributed by atoms with Crippen molar-refractivity contribution in [1.29, 1.82) is 0 Å². The number of nitrogens with zero attached hydrogens (tertiary/aromatic N) is 2. The minimum atomic E-state index is -0.551. The molecule has 1 saturated carbocycles. The standard InChI is InChI=1S/C24H36ClN3O4/c1-6-30-20(31-7-2)17-13-16-14-26-21(25)28-19(16)18(17)24(11-9-8-10-12-24)15-27-22(29)32-23(3,4)5/h13-14,18,20H,6-12,15H2,1-5H3,(H,27,29). The van der Waals surface area contributed by atoms with Crippen LogP contribution in [0.15, 0.2) is 11.8 Å². The van der Waals surface area contributed by atoms with Gasteiger partial charge >= 0.3 is 6.09 Å². The number of amides is 1. The molecule has 0 saturated heterocycles. The van der Waals surface area contributed by atoms with Crippen molar-refractivity contribution < 1.29 is 19.0 Å². The van der Waals surface area contributed by atoms with Crippen molar-refractivity contribution in [2.45, 2.75) is 84.5 Å². The van der Waals surface area contributed by atoms with E-state index in [0.29, 0.717) is 19.8 Å². The van der Waals surface area contributed by atoms with Crippen LogP contribution in [0.4, 0.5) is 4.79 Å². The monoisotopic (exact) mass is 465 g/mol. The number of halogens is 1. The summed E-state index contributed by atoms with van der Waals surface area (Å²) in [6.07, 6.45) is 8.21. The Balaban J connectivity index is 1.99. The van der Waals surface area contributed by atoms with Gasteiger partial charge in [0, 0.05) is 42.9 Å². The van der Waals surface area contributed by atoms with Crippen molar-refractivity contribution in [3.05, 3.63) is 28.3 Å². The molecule has 7 nitrogen and oxygen atoms in total. The van der Waals surface area contributed by atoms with Crippen molar-refractivity contribution >= 4 is 23.8 Å². The van der Waals surface area contributed by atoms with Gasteiger partial charge in [-0.3, -0.25) is 0 Å². The van der Waals surface area contributed by atoms with Crippen LogP contribution in [-0.2, 0) is 14.2 Å². The third-order valence-electron chi connectivity index (χ3n) is 6.10. The predicted octanol–water partition coefficient (Wildman–Crippen LogP) is 5.48. The molecule has 1 atom stereocenters. The molecule has 0 aromatic carbocycles. The molecule has 1 N–H and O–H groups in total. The van der Waals surface area contributed by atoms with Gasteiger partial charge in [0.25, 0.3) is 0 Å². The topological polar surface area (TPSA) is 82.6 Å². The average Bonchev–Trinajstić information content (AvgIpc) is 3.11. The zero-order valence-electron chi connectivity index (χ0n) is 19.9. The Morgan fingerprint density at radius 3 is 2.47 bits per heavy atom. The summed E-state index contributed by atoms with van der Waals surface area (Å²) in [6.45, 7) is 11.1. The third kappa shape index (κ3) is 5.80. The predicted molar refractivity (Wildman–Crippen MR) is 125 cm³/mol. The molecule has 1 aromatic heterocycles. The van der Waals surface area contributed by atoms with E-state index >= 15 is 0 Å². The molecule has 1 fully saturated rings. The summed E-state index contributed by atoms with van der Waals surface area (Å²) in [4.78, 5) is 21.4. The summed E-state index contributed by atoms with van der Waals surface area (Å²) >= 11 is 6.23. The number of hydrogen-bond acceptors (Lipinski definition) is 6. The van der Waals surface area contributed by atoms with Crippen LogP contribution in [0.3, 0.4) is 0 Å². The second-order valence-electron chi connectivity index (χ2n) is 9.58. The molecule has 0 bridgehead atoms. The van der Waals surface area contributed by atoms with E-state index < -0.39 is 18.0 Å². The molecule has 0 radical (unpaired) electrons. The van der Waals surface area contributed by atoms with Crippen molar-refractivity contribution in [3.8, 4) is 0 Å². The molecule has 8 heteroatoms. The number of ether oxygens (including phenoxy) is 3. The van der Waals surface area contributed by atoms with Gasteiger partial charge in [0.2, 0.25) is 5.28 Å². The smallest absolute Gasteiger partial charge is 0.407 e. The van der Waals surface area contributed by atoms with Gasteiger partial charge in [-0.1, -0.05) is 19.3 Å². The second kappa shape index (κ2) is 10.5. The van der Waals surface area contributed by atoms with E-state index in [0.717, 1.165) is 42.5 Å². The molecule has 0 aliphatic heterocycles. The Morgan fingerprint density at radius 2 is 1.88 bits per heavy atom. The Labute approximate surface area is 196 Å². The van der Waals surface area contributed by atoms with Gasteiger partial charge in [0.1, 0.15) is 5.60 Å². The van der Waals surface area contributed by atoms with Crippen LogP contribution in [0.2, 0.25) is 5.28 Å². The summed E-state index contributed by atoms with van der Waals surface area (Å²) in [7, 11) is 0. The zero-order chi connectivity index (χ0) is 23.4. The lowest BCUT2D eigenvalue weighted by molar-refractivity contribution is -0.116. The van der Waals surface area contributed by atoms with E-state index in [1.807, 2.05) is 34.6 Å². The fourth-order valence-corrected chi connectivity index (χ4v) is 5.06. The normalized spacial score (nSPS) is 20.1. The average molecular weight is 466 g/mol. The summed E-state index contributed by atoms with van der Waals surface area (Å²) in [6, 6.07) is 0. The van der Waals surface area contributed by atoms with Crippen molar-refractivity contribution in [3.63, 3.8) is 0 Å². The SMILES string of the molecule is CCOC(OCC)C1=Cc2cnc(Cl)nc2C1C1(CNC(=O)OC(C)(C)C)CCCCC1. The first-order chi connectivity index (χ1) is 15.2. The Morgan fingerprint density at radius 1 is 1.22 bits per heavy atom. The Bertz CT molecular complexity index is 825. The first-order valence-electron chi connectivity index (χ1n) is 11.6. The van der Waals surface area contributed by atoms with Crippen LogP contribution in [-0.4, -0.2) is 47.7 Å². The molecule has 3 rings (SSSR count). The van der Waals surface area contributed by atoms with Gasteiger partial charge < -0.3 is 19.5 Å². The molecule has 178 valence electrons. The number of alkyl carbamates (subject to hydrolysis) is 1. The highest BCUT2D eigenvalue weighted by atomic mass is 35.5. The maximum Gasteiger partial charge on any atom is 0.407 e. The summed E-state index contributed by atoms with van der Waals surface area (Å²) in [5.74, 6) is -0.0867. The molecule has 1 amide bonds. The number of nitrogens with one attached hydrogen (secondary N) is 1. The minimum Gasteiger partial charge on any atom is -0.444 e. The lowest BCUT2D eigenvalue weighted by Gasteiger charge is -2.44. The molecule has 1 heterocycles. The number of carbonyl (C=O) groups is 1. The van der Waals surface area contributed by atoms with Gasteiger partial charge in [0.15, 0.2) is 6.29 Å². The molecular weight excluding hydrogens is 430 g/mol. The van der Waals surface area contributed by atoms with Crippen LogP contribution >= 0.6 is 11.6 Å². The van der Waals surface area contributed by atoms with E-state index in [1.54, 1.807) is 6.20 Å². The minimum absolute atomic E-state index is 0.0867. The number of carbonyl (C=O) groups excluding carboxylic acids is 1. The van der Waals surface area contributed by atoms with E-state index in [-0.39, 0.29) is 16.6 Å². The first-order valence-corrected chi connectivity index (χ1v) is 12.0. The molecule has 0 spiro atoms. The highest BCUT2D eigenvalue weighted by molar-refractivity contribution is 6.28. The van der Waals surface area contributed by atoms with Crippen LogP contribution in [0.1, 0.15) is 83.9 Å². The molecule has 1 aromatic rings. The fourth-order valence-electron chi connectivity index (χ4n) is 4.92. The van der Waals surface area contributed by atoms with Crippen LogP contribution in [0.25, 0.3) is 6.08 Å². The lowest BCUT2D eigenvalue weighted by atomic mass is 9.63. The Kier molecular flexibility index (Phi) is 8.17. The molecule has 1 unspecified atom stereocenters. The van der Waals surface area contributed by atoms with Gasteiger partial charge in [-0.25, -0.2) is 14.8 Å². The number of fused-ring (bicyclic) bond motifs is 1. The van der Waals surface area contributed by atoms with Crippen molar-refractivity contribution in [2.24, 2.45) is 5.41 Å². The summed E-state index contributed by atoms with van der Waals surface area (Å²) in [5.41, 5.74) is 2.05. The van der Waals surface area contributed by atoms with Crippen LogP contribution in [0, 0.1) is 5.41 Å². The fraction of sp³-hybridized carbons (Fsp3) is 0.708. The molecule has 32 heavy (non-hydrogen) atoms. The highest BCUT2D eigenvalue weighted by Crippen LogP contribution is 2.54. The van der Waals surface area contributed by atoms with Crippen molar-refractivity contribution in [1.82, 2.24) is 15.3 Å². The van der Waals surface area contributed by atoms with Gasteiger partial charge in [-0.05, 0) is 70.7 Å². The summed E-state index contributed by atoms with van der Waals surface area (Å²) in [5, 5.41) is 3.27. The Hall–Kier alpha value is -1.70. The number of hydrogen-bond donors (Lipinski definition) is 1. The van der Waals surface area contributed by atoms with Crippen LogP contribution in [0.5, 0.6) is 0 Å². The van der Waals surface area contributed by atoms with Gasteiger partial charge in [-0.15, -0.1) is 0 Å². The van der Waals surface area contributed by atoms with Gasteiger partial charge in [0.05, 0.1) is 5.69 Å². The third-order valence-corrected chi connectivity index (χ3v) is 6.28. The first kappa shape index (κ1) is 24.9. The van der Waals surface area contributed by atoms with E-state index in [4.69, 9.17) is 25.8 Å². The van der Waals surface area contributed by atoms with Crippen LogP contribution < -0.4 is 5.32 Å². The zero-order valence-corrected chi connectivity index (χ0v) is 20.6. The molecular formula is C24H36ClN3O4. The lowest BCUT2D eigenvalue weighted by Crippen LogP contribution is -2.46. The highest BCUT2D eigenvalue weighted by Gasteiger charge is 2.48. The van der Waals surface area contributed by atoms with E-state index in [1.165, 1.54) is 6.42 Å². The quantitative estimate of drug-likeness (QED) is 0.404. The van der Waals surface area contributed by atoms with Crippen molar-refractivity contribution in [2.75, 3.05) is 19.8 Å². The molecule has 2 aliphatic carbocycles. The largest absolute Gasteiger partial charge is 0.444 e. The molecule has 2 aliphatic rings. The van der Waals surface area contributed by atoms with Gasteiger partial charge in [-0.2, -0.15) is 0 Å². The van der Waals surface area contributed by atoms with E-state index in [9.17, 15) is 4.79 Å². The summed E-state index contributed by atoms with van der Waals surface area (Å²) < 4.78 is 17.5. The van der Waals surface area contributed by atoms with E-state index in [2.05, 4.69) is 21.4 Å². The second-order valence-corrected chi connectivity index (χ2v) is 9.92. The number of rotatable bonds is 8.